The van der Waals surface area contributed by atoms with Crippen LogP contribution in [-0.4, -0.2) is 55.3 Å². The van der Waals surface area contributed by atoms with E-state index in [9.17, 15) is 14.7 Å². The number of unbranched alkanes of at least 4 members (excludes halogenated alkanes) is 1. The highest BCUT2D eigenvalue weighted by atomic mass is 16.6. The first-order valence-corrected chi connectivity index (χ1v) is 11.7. The number of aliphatic hydroxyl groups is 1. The van der Waals surface area contributed by atoms with Crippen molar-refractivity contribution >= 4 is 11.9 Å². The third-order valence-electron chi connectivity index (χ3n) is 4.30. The molecule has 0 aliphatic carbocycles. The van der Waals surface area contributed by atoms with Gasteiger partial charge in [-0.1, -0.05) is 67.7 Å². The van der Waals surface area contributed by atoms with Crippen molar-refractivity contribution in [1.29, 1.82) is 0 Å². The Bertz CT molecular complexity index is 651. The molecule has 0 saturated carbocycles. The summed E-state index contributed by atoms with van der Waals surface area (Å²) in [6.07, 6.45) is 27.0. The first kappa shape index (κ1) is 29.8. The summed E-state index contributed by atoms with van der Waals surface area (Å²) in [5.41, 5.74) is 0. The van der Waals surface area contributed by atoms with E-state index in [-0.39, 0.29) is 12.8 Å². The van der Waals surface area contributed by atoms with Crippen molar-refractivity contribution in [3.8, 4) is 0 Å². The number of carbonyl (C=O) groups is 2. The van der Waals surface area contributed by atoms with Crippen LogP contribution in [0.4, 0.5) is 0 Å². The highest BCUT2D eigenvalue weighted by Gasteiger charge is 2.20. The Morgan fingerprint density at radius 2 is 1.25 bits per heavy atom. The molecule has 5 heteroatoms. The number of rotatable bonds is 17. The fourth-order valence-corrected chi connectivity index (χ4v) is 2.84. The van der Waals surface area contributed by atoms with Crippen molar-refractivity contribution in [2.45, 2.75) is 70.8 Å². The lowest BCUT2D eigenvalue weighted by Gasteiger charge is -2.26. The van der Waals surface area contributed by atoms with Crippen LogP contribution in [-0.2, 0) is 14.3 Å². The number of carbonyl (C=O) groups excluding carboxylic acids is 2. The van der Waals surface area contributed by atoms with Crippen LogP contribution in [0.15, 0.2) is 60.8 Å². The number of allylic oxidation sites excluding steroid dienone is 10. The second-order valence-corrected chi connectivity index (χ2v) is 8.78. The van der Waals surface area contributed by atoms with Crippen LogP contribution in [0, 0.1) is 0 Å². The Balaban J connectivity index is 3.74. The fourth-order valence-electron chi connectivity index (χ4n) is 2.84. The molecule has 32 heavy (non-hydrogen) atoms. The fraction of sp³-hybridized carbons (Fsp3) is 0.556. The molecular weight excluding hydrogens is 402 g/mol. The molecular formula is C27H44NO4+. The lowest BCUT2D eigenvalue weighted by atomic mass is 10.2. The van der Waals surface area contributed by atoms with E-state index in [0.717, 1.165) is 38.5 Å². The predicted molar refractivity (Wildman–Crippen MR) is 133 cm³/mol. The highest BCUT2D eigenvalue weighted by Crippen LogP contribution is 2.04. The van der Waals surface area contributed by atoms with Gasteiger partial charge in [-0.25, -0.2) is 0 Å². The highest BCUT2D eigenvalue weighted by molar-refractivity contribution is 5.85. The number of aliphatic hydroxyl groups excluding tert-OH is 1. The maximum atomic E-state index is 11.7. The van der Waals surface area contributed by atoms with Gasteiger partial charge < -0.3 is 14.3 Å². The van der Waals surface area contributed by atoms with Crippen LogP contribution in [0.25, 0.3) is 0 Å². The molecule has 0 bridgehead atoms. The molecule has 1 N–H and O–H groups in total. The lowest BCUT2D eigenvalue weighted by Crippen LogP contribution is -2.42. The molecule has 1 unspecified atom stereocenters. The minimum absolute atomic E-state index is 0.157. The topological polar surface area (TPSA) is 63.6 Å². The summed E-state index contributed by atoms with van der Waals surface area (Å²) in [4.78, 5) is 23.4. The number of hydrogen-bond donors (Lipinski definition) is 1. The molecule has 0 aliphatic heterocycles. The number of esters is 2. The lowest BCUT2D eigenvalue weighted by molar-refractivity contribution is -0.873. The first-order valence-electron chi connectivity index (χ1n) is 11.7. The Morgan fingerprint density at radius 1 is 0.781 bits per heavy atom. The molecule has 0 aromatic heterocycles. The third kappa shape index (κ3) is 22.4. The largest absolute Gasteiger partial charge is 0.393 e. The van der Waals surface area contributed by atoms with Crippen LogP contribution in [0.3, 0.4) is 0 Å². The summed E-state index contributed by atoms with van der Waals surface area (Å²) in [7, 11) is 5.77. The SMILES string of the molecule is CC/C=C\C/C=C\C/C=C\C/C=C\C/C=C\CCCC(=O)OC(=O)CC(O)C[N+](C)(C)C. The van der Waals surface area contributed by atoms with E-state index in [1.165, 1.54) is 0 Å². The quantitative estimate of drug-likeness (QED) is 0.106. The van der Waals surface area contributed by atoms with Crippen LogP contribution in [0.5, 0.6) is 0 Å². The molecule has 0 spiro atoms. The van der Waals surface area contributed by atoms with E-state index in [2.05, 4.69) is 61.6 Å². The van der Waals surface area contributed by atoms with E-state index >= 15 is 0 Å². The number of nitrogens with zero attached hydrogens (tertiary/aromatic N) is 1. The van der Waals surface area contributed by atoms with Gasteiger partial charge in [0.25, 0.3) is 0 Å². The zero-order valence-corrected chi connectivity index (χ0v) is 20.5. The molecule has 0 rings (SSSR count). The second kappa shape index (κ2) is 19.4. The average Bonchev–Trinajstić information content (AvgIpc) is 2.68. The Morgan fingerprint density at radius 3 is 1.72 bits per heavy atom. The molecule has 0 aromatic rings. The van der Waals surface area contributed by atoms with Crippen molar-refractivity contribution in [3.05, 3.63) is 60.8 Å². The summed E-state index contributed by atoms with van der Waals surface area (Å²) >= 11 is 0. The van der Waals surface area contributed by atoms with Gasteiger partial charge in [0.2, 0.25) is 0 Å². The van der Waals surface area contributed by atoms with Gasteiger partial charge in [-0.05, 0) is 44.9 Å². The number of ether oxygens (including phenoxy) is 1. The van der Waals surface area contributed by atoms with E-state index in [1.54, 1.807) is 0 Å². The zero-order valence-electron chi connectivity index (χ0n) is 20.5. The zero-order chi connectivity index (χ0) is 24.1. The summed E-state index contributed by atoms with van der Waals surface area (Å²) in [5, 5.41) is 9.85. The van der Waals surface area contributed by atoms with E-state index < -0.39 is 18.0 Å². The standard InChI is InChI=1S/C27H44NO4/c1-5-6-7-8-9-10-11-12-13-14-15-16-17-18-19-20-21-22-26(30)32-27(31)23-25(29)24-28(2,3)4/h6-7,9-10,12-13,15-16,18-19,25,29H,5,8,11,14,17,20-24H2,1-4H3/q+1/b7-6-,10-9-,13-12-,16-15-,19-18-. The molecule has 180 valence electrons. The van der Waals surface area contributed by atoms with Crippen molar-refractivity contribution < 1.29 is 23.9 Å². The smallest absolute Gasteiger partial charge is 0.316 e. The van der Waals surface area contributed by atoms with E-state index in [4.69, 9.17) is 4.74 Å². The maximum Gasteiger partial charge on any atom is 0.316 e. The minimum atomic E-state index is -0.809. The van der Waals surface area contributed by atoms with Gasteiger partial charge in [0.1, 0.15) is 12.6 Å². The van der Waals surface area contributed by atoms with Gasteiger partial charge in [-0.15, -0.1) is 0 Å². The third-order valence-corrected chi connectivity index (χ3v) is 4.30. The van der Waals surface area contributed by atoms with Crippen LogP contribution < -0.4 is 0 Å². The van der Waals surface area contributed by atoms with Gasteiger partial charge in [0.05, 0.1) is 27.6 Å². The van der Waals surface area contributed by atoms with Gasteiger partial charge >= 0.3 is 11.9 Å². The molecule has 0 amide bonds. The summed E-state index contributed by atoms with van der Waals surface area (Å²) in [6.45, 7) is 2.56. The molecule has 0 heterocycles. The van der Waals surface area contributed by atoms with Crippen molar-refractivity contribution in [2.75, 3.05) is 27.7 Å². The van der Waals surface area contributed by atoms with Crippen molar-refractivity contribution in [1.82, 2.24) is 0 Å². The van der Waals surface area contributed by atoms with Crippen LogP contribution in [0.2, 0.25) is 0 Å². The normalized spacial score (nSPS) is 13.9. The number of likely N-dealkylation sites (N-methyl/N-ethyl adjacent to an activating group) is 1. The first-order chi connectivity index (χ1) is 15.2. The monoisotopic (exact) mass is 446 g/mol. The van der Waals surface area contributed by atoms with E-state index in [1.807, 2.05) is 27.2 Å². The Hall–Kier alpha value is -2.24. The summed E-state index contributed by atoms with van der Waals surface area (Å²) in [5.74, 6) is -1.19. The molecule has 0 radical (unpaired) electrons. The molecule has 0 fully saturated rings. The Kier molecular flexibility index (Phi) is 18.1. The predicted octanol–water partition coefficient (Wildman–Crippen LogP) is 5.44. The van der Waals surface area contributed by atoms with Gasteiger partial charge in [0, 0.05) is 6.42 Å². The summed E-state index contributed by atoms with van der Waals surface area (Å²) < 4.78 is 5.31. The second-order valence-electron chi connectivity index (χ2n) is 8.78. The number of hydrogen-bond acceptors (Lipinski definition) is 4. The molecule has 5 nitrogen and oxygen atoms in total. The average molecular weight is 447 g/mol. The van der Waals surface area contributed by atoms with Gasteiger partial charge in [0.15, 0.2) is 0 Å². The molecule has 0 saturated heterocycles. The van der Waals surface area contributed by atoms with Crippen LogP contribution >= 0.6 is 0 Å². The maximum absolute atomic E-state index is 11.7. The van der Waals surface area contributed by atoms with Crippen molar-refractivity contribution in [3.63, 3.8) is 0 Å². The number of quaternary nitrogens is 1. The Labute approximate surface area is 195 Å². The van der Waals surface area contributed by atoms with Crippen LogP contribution in [0.1, 0.15) is 64.7 Å². The van der Waals surface area contributed by atoms with Gasteiger partial charge in [-0.2, -0.15) is 0 Å². The van der Waals surface area contributed by atoms with Crippen molar-refractivity contribution in [2.24, 2.45) is 0 Å². The molecule has 0 aliphatic rings. The molecule has 1 atom stereocenters. The molecule has 0 aromatic carbocycles. The van der Waals surface area contributed by atoms with E-state index in [0.29, 0.717) is 17.4 Å². The minimum Gasteiger partial charge on any atom is -0.393 e. The summed E-state index contributed by atoms with van der Waals surface area (Å²) in [6, 6.07) is 0. The van der Waals surface area contributed by atoms with Gasteiger partial charge in [-0.3, -0.25) is 9.59 Å².